The molecule has 2 heterocycles. The van der Waals surface area contributed by atoms with Crippen LogP contribution in [0.5, 0.6) is 0 Å². The highest BCUT2D eigenvalue weighted by atomic mass is 32.1. The fourth-order valence-corrected chi connectivity index (χ4v) is 3.87. The lowest BCUT2D eigenvalue weighted by Gasteiger charge is -2.31. The first-order chi connectivity index (χ1) is 12.5. The second-order valence-corrected chi connectivity index (χ2v) is 7.82. The highest BCUT2D eigenvalue weighted by Crippen LogP contribution is 2.17. The first-order valence-electron chi connectivity index (χ1n) is 8.95. The summed E-state index contributed by atoms with van der Waals surface area (Å²) < 4.78 is 0. The van der Waals surface area contributed by atoms with Gasteiger partial charge in [0.2, 0.25) is 5.91 Å². The molecule has 0 aliphatic carbocycles. The SMILES string of the molecule is Cc1ccc(NC(=O)CN2CCC(NC(=O)c3cccs3)CC2)c(C)c1. The highest BCUT2D eigenvalue weighted by Gasteiger charge is 2.22. The van der Waals surface area contributed by atoms with Crippen molar-refractivity contribution in [3.63, 3.8) is 0 Å². The number of carbonyl (C=O) groups excluding carboxylic acids is 2. The van der Waals surface area contributed by atoms with E-state index in [4.69, 9.17) is 0 Å². The molecule has 0 spiro atoms. The van der Waals surface area contributed by atoms with Crippen LogP contribution in [0.2, 0.25) is 0 Å². The minimum atomic E-state index is 0.00559. The Hall–Kier alpha value is -2.18. The van der Waals surface area contributed by atoms with Gasteiger partial charge >= 0.3 is 0 Å². The monoisotopic (exact) mass is 371 g/mol. The van der Waals surface area contributed by atoms with Crippen LogP contribution in [0.4, 0.5) is 5.69 Å². The zero-order valence-electron chi connectivity index (χ0n) is 15.2. The van der Waals surface area contributed by atoms with Crippen molar-refractivity contribution in [3.05, 3.63) is 51.7 Å². The molecule has 5 nitrogen and oxygen atoms in total. The molecule has 2 amide bonds. The minimum absolute atomic E-state index is 0.00559. The lowest BCUT2D eigenvalue weighted by Crippen LogP contribution is -2.46. The van der Waals surface area contributed by atoms with Crippen LogP contribution in [-0.2, 0) is 4.79 Å². The summed E-state index contributed by atoms with van der Waals surface area (Å²) in [7, 11) is 0. The topological polar surface area (TPSA) is 61.4 Å². The predicted octanol–water partition coefficient (Wildman–Crippen LogP) is 3.20. The summed E-state index contributed by atoms with van der Waals surface area (Å²) in [5.74, 6) is 0.0177. The van der Waals surface area contributed by atoms with Gasteiger partial charge in [0.25, 0.3) is 5.91 Å². The molecule has 1 aliphatic heterocycles. The van der Waals surface area contributed by atoms with Gasteiger partial charge in [-0.1, -0.05) is 23.8 Å². The van der Waals surface area contributed by atoms with Crippen LogP contribution in [0.25, 0.3) is 0 Å². The molecule has 0 atom stereocenters. The van der Waals surface area contributed by atoms with E-state index in [1.165, 1.54) is 16.9 Å². The number of nitrogens with zero attached hydrogens (tertiary/aromatic N) is 1. The largest absolute Gasteiger partial charge is 0.349 e. The number of hydrogen-bond donors (Lipinski definition) is 2. The smallest absolute Gasteiger partial charge is 0.261 e. The molecule has 1 fully saturated rings. The number of piperidine rings is 1. The Morgan fingerprint density at radius 2 is 1.96 bits per heavy atom. The van der Waals surface area contributed by atoms with E-state index < -0.39 is 0 Å². The summed E-state index contributed by atoms with van der Waals surface area (Å²) in [6.07, 6.45) is 1.74. The minimum Gasteiger partial charge on any atom is -0.349 e. The predicted molar refractivity (Wildman–Crippen MR) is 106 cm³/mol. The molecule has 0 radical (unpaired) electrons. The van der Waals surface area contributed by atoms with Crippen LogP contribution >= 0.6 is 11.3 Å². The Bertz CT molecular complexity index is 765. The van der Waals surface area contributed by atoms with Gasteiger partial charge in [-0.15, -0.1) is 11.3 Å². The quantitative estimate of drug-likeness (QED) is 0.848. The Balaban J connectivity index is 1.43. The molecule has 0 unspecified atom stereocenters. The molecule has 2 N–H and O–H groups in total. The summed E-state index contributed by atoms with van der Waals surface area (Å²) in [6.45, 7) is 6.06. The van der Waals surface area contributed by atoms with Gasteiger partial charge in [0, 0.05) is 24.8 Å². The summed E-state index contributed by atoms with van der Waals surface area (Å²) in [6, 6.07) is 9.93. The van der Waals surface area contributed by atoms with Crippen molar-refractivity contribution in [1.29, 1.82) is 0 Å². The maximum absolute atomic E-state index is 12.3. The van der Waals surface area contributed by atoms with E-state index in [-0.39, 0.29) is 17.9 Å². The molecule has 26 heavy (non-hydrogen) atoms. The number of thiophene rings is 1. The van der Waals surface area contributed by atoms with Crippen LogP contribution in [0.15, 0.2) is 35.7 Å². The number of anilines is 1. The number of likely N-dealkylation sites (tertiary alicyclic amines) is 1. The molecule has 3 rings (SSSR count). The zero-order valence-corrected chi connectivity index (χ0v) is 16.1. The van der Waals surface area contributed by atoms with Gasteiger partial charge in [-0.3, -0.25) is 14.5 Å². The van der Waals surface area contributed by atoms with Crippen molar-refractivity contribution < 1.29 is 9.59 Å². The van der Waals surface area contributed by atoms with E-state index in [9.17, 15) is 9.59 Å². The van der Waals surface area contributed by atoms with Gasteiger partial charge in [-0.2, -0.15) is 0 Å². The third-order valence-electron chi connectivity index (χ3n) is 4.69. The number of hydrogen-bond acceptors (Lipinski definition) is 4. The molecule has 2 aromatic rings. The Labute approximate surface area is 158 Å². The van der Waals surface area contributed by atoms with Gasteiger partial charge in [0.15, 0.2) is 0 Å². The number of amides is 2. The summed E-state index contributed by atoms with van der Waals surface area (Å²) in [5.41, 5.74) is 3.14. The van der Waals surface area contributed by atoms with Crippen molar-refractivity contribution in [2.24, 2.45) is 0 Å². The van der Waals surface area contributed by atoms with Gasteiger partial charge < -0.3 is 10.6 Å². The molecule has 1 aliphatic rings. The van der Waals surface area contributed by atoms with Gasteiger partial charge in [-0.25, -0.2) is 0 Å². The third-order valence-corrected chi connectivity index (χ3v) is 5.56. The maximum Gasteiger partial charge on any atom is 0.261 e. The second-order valence-electron chi connectivity index (χ2n) is 6.87. The molecule has 0 saturated carbocycles. The molecule has 138 valence electrons. The zero-order chi connectivity index (χ0) is 18.5. The van der Waals surface area contributed by atoms with Crippen LogP contribution in [0.1, 0.15) is 33.6 Å². The molecule has 1 aromatic carbocycles. The number of rotatable bonds is 5. The third kappa shape index (κ3) is 4.93. The Kier molecular flexibility index (Phi) is 6.06. The van der Waals surface area contributed by atoms with Crippen molar-refractivity contribution >= 4 is 28.8 Å². The molecule has 1 aromatic heterocycles. The normalized spacial score (nSPS) is 15.6. The molecule has 0 bridgehead atoms. The highest BCUT2D eigenvalue weighted by molar-refractivity contribution is 7.12. The average Bonchev–Trinajstić information content (AvgIpc) is 3.14. The fraction of sp³-hybridized carbons (Fsp3) is 0.400. The number of aryl methyl sites for hydroxylation is 2. The average molecular weight is 372 g/mol. The van der Waals surface area contributed by atoms with E-state index in [0.29, 0.717) is 6.54 Å². The van der Waals surface area contributed by atoms with Gasteiger partial charge in [-0.05, 0) is 49.8 Å². The lowest BCUT2D eigenvalue weighted by atomic mass is 10.0. The Morgan fingerprint density at radius 3 is 2.62 bits per heavy atom. The molecular weight excluding hydrogens is 346 g/mol. The van der Waals surface area contributed by atoms with E-state index >= 15 is 0 Å². The summed E-state index contributed by atoms with van der Waals surface area (Å²) >= 11 is 1.46. The van der Waals surface area contributed by atoms with Crippen molar-refractivity contribution in [2.45, 2.75) is 32.7 Å². The van der Waals surface area contributed by atoms with E-state index in [0.717, 1.165) is 42.1 Å². The second kappa shape index (κ2) is 8.47. The van der Waals surface area contributed by atoms with Gasteiger partial charge in [0.05, 0.1) is 11.4 Å². The van der Waals surface area contributed by atoms with Crippen molar-refractivity contribution in [1.82, 2.24) is 10.2 Å². The number of nitrogens with one attached hydrogen (secondary N) is 2. The van der Waals surface area contributed by atoms with Crippen LogP contribution < -0.4 is 10.6 Å². The van der Waals surface area contributed by atoms with Crippen LogP contribution in [0.3, 0.4) is 0 Å². The molecule has 1 saturated heterocycles. The van der Waals surface area contributed by atoms with E-state index in [1.807, 2.05) is 43.5 Å². The van der Waals surface area contributed by atoms with E-state index in [2.05, 4.69) is 21.6 Å². The Morgan fingerprint density at radius 1 is 1.19 bits per heavy atom. The van der Waals surface area contributed by atoms with Crippen LogP contribution in [0, 0.1) is 13.8 Å². The fourth-order valence-electron chi connectivity index (χ4n) is 3.25. The number of benzene rings is 1. The molecular formula is C20H25N3O2S. The lowest BCUT2D eigenvalue weighted by molar-refractivity contribution is -0.117. The van der Waals surface area contributed by atoms with Crippen molar-refractivity contribution in [2.75, 3.05) is 25.0 Å². The number of carbonyl (C=O) groups is 2. The summed E-state index contributed by atoms with van der Waals surface area (Å²) in [5, 5.41) is 8.00. The summed E-state index contributed by atoms with van der Waals surface area (Å²) in [4.78, 5) is 27.3. The van der Waals surface area contributed by atoms with Crippen LogP contribution in [-0.4, -0.2) is 42.4 Å². The first kappa shape index (κ1) is 18.6. The van der Waals surface area contributed by atoms with Gasteiger partial charge in [0.1, 0.15) is 0 Å². The maximum atomic E-state index is 12.3. The molecule has 6 heteroatoms. The van der Waals surface area contributed by atoms with Crippen molar-refractivity contribution in [3.8, 4) is 0 Å². The first-order valence-corrected chi connectivity index (χ1v) is 9.83. The van der Waals surface area contributed by atoms with E-state index in [1.54, 1.807) is 0 Å². The standard InChI is InChI=1S/C20H25N3O2S/c1-14-5-6-17(15(2)12-14)22-19(24)13-23-9-7-16(8-10-23)21-20(25)18-4-3-11-26-18/h3-6,11-12,16H,7-10,13H2,1-2H3,(H,21,25)(H,22,24).